The number of allylic oxidation sites excluding steroid dienone is 8. The van der Waals surface area contributed by atoms with E-state index in [1.165, 1.54) is 12.2 Å². The van der Waals surface area contributed by atoms with Gasteiger partial charge in [0, 0.05) is 11.1 Å². The fourth-order valence-electron chi connectivity index (χ4n) is 1.34. The van der Waals surface area contributed by atoms with Gasteiger partial charge in [-0.25, -0.2) is 0 Å². The molecule has 0 aromatic heterocycles. The van der Waals surface area contributed by atoms with E-state index in [0.29, 0.717) is 11.1 Å². The van der Waals surface area contributed by atoms with Crippen LogP contribution in [0.4, 0.5) is 0 Å². The lowest BCUT2D eigenvalue weighted by Crippen LogP contribution is -2.10. The van der Waals surface area contributed by atoms with Crippen LogP contribution in [0.2, 0.25) is 0 Å². The van der Waals surface area contributed by atoms with E-state index in [1.807, 2.05) is 26.0 Å². The minimum atomic E-state index is -0.0972. The quantitative estimate of drug-likeness (QED) is 0.677. The molecule has 0 radical (unpaired) electrons. The summed E-state index contributed by atoms with van der Waals surface area (Å²) in [5.74, 6) is -0.194. The van der Waals surface area contributed by atoms with E-state index in [2.05, 4.69) is 0 Å². The number of hydrogen-bond donors (Lipinski definition) is 0. The van der Waals surface area contributed by atoms with Crippen LogP contribution in [-0.4, -0.2) is 11.6 Å². The molecule has 0 atom stereocenters. The van der Waals surface area contributed by atoms with Crippen LogP contribution in [0.1, 0.15) is 26.7 Å². The Kier molecular flexibility index (Phi) is 4.65. The van der Waals surface area contributed by atoms with Gasteiger partial charge in [0.15, 0.2) is 11.6 Å². The Morgan fingerprint density at radius 1 is 0.875 bits per heavy atom. The molecule has 16 heavy (non-hydrogen) atoms. The van der Waals surface area contributed by atoms with Crippen LogP contribution < -0.4 is 0 Å². The summed E-state index contributed by atoms with van der Waals surface area (Å²) in [5.41, 5.74) is 0.945. The average molecular weight is 216 g/mol. The highest BCUT2D eigenvalue weighted by Crippen LogP contribution is 2.14. The monoisotopic (exact) mass is 216 g/mol. The topological polar surface area (TPSA) is 34.1 Å². The highest BCUT2D eigenvalue weighted by atomic mass is 16.1. The molecule has 0 amide bonds. The maximum absolute atomic E-state index is 11.6. The first-order chi connectivity index (χ1) is 7.69. The first kappa shape index (κ1) is 12.4. The first-order valence-corrected chi connectivity index (χ1v) is 5.54. The Morgan fingerprint density at radius 3 is 1.56 bits per heavy atom. The summed E-state index contributed by atoms with van der Waals surface area (Å²) in [5, 5.41) is 0. The minimum Gasteiger partial charge on any atom is -0.289 e. The second-order valence-corrected chi connectivity index (χ2v) is 3.55. The molecule has 0 spiro atoms. The van der Waals surface area contributed by atoms with Crippen molar-refractivity contribution >= 4 is 11.6 Å². The maximum Gasteiger partial charge on any atom is 0.186 e. The van der Waals surface area contributed by atoms with Gasteiger partial charge in [0.1, 0.15) is 0 Å². The third-order valence-corrected chi connectivity index (χ3v) is 2.21. The minimum absolute atomic E-state index is 0.0972. The van der Waals surface area contributed by atoms with Gasteiger partial charge < -0.3 is 0 Å². The average Bonchev–Trinajstić information content (AvgIpc) is 2.28. The molecule has 84 valence electrons. The van der Waals surface area contributed by atoms with E-state index < -0.39 is 0 Å². The van der Waals surface area contributed by atoms with Gasteiger partial charge in [-0.15, -0.1) is 0 Å². The summed E-state index contributed by atoms with van der Waals surface area (Å²) in [7, 11) is 0. The zero-order valence-electron chi connectivity index (χ0n) is 9.69. The van der Waals surface area contributed by atoms with Crippen molar-refractivity contribution in [3.63, 3.8) is 0 Å². The third kappa shape index (κ3) is 3.16. The van der Waals surface area contributed by atoms with Crippen molar-refractivity contribution in [3.8, 4) is 0 Å². The molecule has 1 aliphatic carbocycles. The number of carbonyl (C=O) groups excluding carboxylic acids is 2. The number of ketones is 2. The SMILES string of the molecule is CCC=CC1=CC(=O)C(C=CCC)=CC1=O. The van der Waals surface area contributed by atoms with E-state index in [4.69, 9.17) is 0 Å². The van der Waals surface area contributed by atoms with Crippen molar-refractivity contribution in [1.29, 1.82) is 0 Å². The molecule has 0 saturated heterocycles. The first-order valence-electron chi connectivity index (χ1n) is 5.54. The summed E-state index contributed by atoms with van der Waals surface area (Å²) in [6.45, 7) is 3.97. The van der Waals surface area contributed by atoms with Crippen molar-refractivity contribution in [2.24, 2.45) is 0 Å². The van der Waals surface area contributed by atoms with Crippen LogP contribution in [0.25, 0.3) is 0 Å². The van der Waals surface area contributed by atoms with Gasteiger partial charge in [-0.2, -0.15) is 0 Å². The van der Waals surface area contributed by atoms with E-state index in [1.54, 1.807) is 12.2 Å². The van der Waals surface area contributed by atoms with Crippen molar-refractivity contribution in [3.05, 3.63) is 47.6 Å². The molecule has 1 rings (SSSR count). The predicted molar refractivity (Wildman–Crippen MR) is 65.0 cm³/mol. The van der Waals surface area contributed by atoms with Crippen LogP contribution in [-0.2, 0) is 9.59 Å². The van der Waals surface area contributed by atoms with Gasteiger partial charge in [0.25, 0.3) is 0 Å². The second-order valence-electron chi connectivity index (χ2n) is 3.55. The molecule has 0 heterocycles. The fraction of sp³-hybridized carbons (Fsp3) is 0.286. The number of hydrogen-bond acceptors (Lipinski definition) is 2. The lowest BCUT2D eigenvalue weighted by Gasteiger charge is -2.06. The molecule has 1 aliphatic rings. The fourth-order valence-corrected chi connectivity index (χ4v) is 1.34. The molecule has 0 fully saturated rings. The lowest BCUT2D eigenvalue weighted by atomic mass is 9.96. The van der Waals surface area contributed by atoms with Gasteiger partial charge in [0.05, 0.1) is 0 Å². The molecule has 2 nitrogen and oxygen atoms in total. The zero-order chi connectivity index (χ0) is 12.0. The Hall–Kier alpha value is -1.70. The Labute approximate surface area is 96.0 Å². The molecule has 0 bridgehead atoms. The van der Waals surface area contributed by atoms with Crippen LogP contribution in [0.3, 0.4) is 0 Å². The third-order valence-electron chi connectivity index (χ3n) is 2.21. The highest BCUT2D eigenvalue weighted by molar-refractivity contribution is 6.22. The largest absolute Gasteiger partial charge is 0.289 e. The van der Waals surface area contributed by atoms with Crippen molar-refractivity contribution in [2.75, 3.05) is 0 Å². The maximum atomic E-state index is 11.6. The normalized spacial score (nSPS) is 17.1. The molecule has 0 aromatic carbocycles. The summed E-state index contributed by atoms with van der Waals surface area (Å²) in [6.07, 6.45) is 11.7. The zero-order valence-corrected chi connectivity index (χ0v) is 9.69. The van der Waals surface area contributed by atoms with Crippen LogP contribution in [0.5, 0.6) is 0 Å². The van der Waals surface area contributed by atoms with Gasteiger partial charge >= 0.3 is 0 Å². The Bertz CT molecular complexity index is 366. The van der Waals surface area contributed by atoms with Crippen molar-refractivity contribution in [1.82, 2.24) is 0 Å². The van der Waals surface area contributed by atoms with Crippen molar-refractivity contribution in [2.45, 2.75) is 26.7 Å². The van der Waals surface area contributed by atoms with Gasteiger partial charge in [-0.05, 0) is 25.0 Å². The van der Waals surface area contributed by atoms with Gasteiger partial charge in [-0.3, -0.25) is 9.59 Å². The second kappa shape index (κ2) is 6.01. The summed E-state index contributed by atoms with van der Waals surface area (Å²) in [6, 6.07) is 0. The highest BCUT2D eigenvalue weighted by Gasteiger charge is 2.16. The van der Waals surface area contributed by atoms with Gasteiger partial charge in [-0.1, -0.05) is 38.2 Å². The molecule has 2 heteroatoms. The Balaban J connectivity index is 2.88. The van der Waals surface area contributed by atoms with E-state index >= 15 is 0 Å². The molecule has 0 N–H and O–H groups in total. The Morgan fingerprint density at radius 2 is 1.25 bits per heavy atom. The summed E-state index contributed by atoms with van der Waals surface area (Å²) >= 11 is 0. The molecular weight excluding hydrogens is 200 g/mol. The molecule has 0 aromatic rings. The molecule has 0 saturated carbocycles. The lowest BCUT2D eigenvalue weighted by molar-refractivity contribution is -0.114. The van der Waals surface area contributed by atoms with Crippen LogP contribution in [0.15, 0.2) is 47.6 Å². The van der Waals surface area contributed by atoms with E-state index in [-0.39, 0.29) is 11.6 Å². The molecular formula is C14H16O2. The number of carbonyl (C=O) groups is 2. The van der Waals surface area contributed by atoms with E-state index in [0.717, 1.165) is 12.8 Å². The summed E-state index contributed by atoms with van der Waals surface area (Å²) < 4.78 is 0. The molecule has 0 aliphatic heterocycles. The van der Waals surface area contributed by atoms with E-state index in [9.17, 15) is 9.59 Å². The van der Waals surface area contributed by atoms with Crippen LogP contribution >= 0.6 is 0 Å². The molecule has 0 unspecified atom stereocenters. The standard InChI is InChI=1S/C14H16O2/c1-3-5-7-11-9-14(16)12(8-6-4-2)10-13(11)15/h5-10H,3-4H2,1-2H3. The van der Waals surface area contributed by atoms with Crippen LogP contribution in [0, 0.1) is 0 Å². The summed E-state index contributed by atoms with van der Waals surface area (Å²) in [4.78, 5) is 23.3. The van der Waals surface area contributed by atoms with Gasteiger partial charge in [0.2, 0.25) is 0 Å². The predicted octanol–water partition coefficient (Wildman–Crippen LogP) is 2.92. The van der Waals surface area contributed by atoms with Crippen molar-refractivity contribution < 1.29 is 9.59 Å². The smallest absolute Gasteiger partial charge is 0.186 e. The number of rotatable bonds is 4.